The molecule has 1 aromatic rings. The van der Waals surface area contributed by atoms with Gasteiger partial charge < -0.3 is 10.1 Å². The highest BCUT2D eigenvalue weighted by Crippen LogP contribution is 2.04. The van der Waals surface area contributed by atoms with Gasteiger partial charge in [0.15, 0.2) is 0 Å². The molecule has 0 aliphatic carbocycles. The van der Waals surface area contributed by atoms with Gasteiger partial charge in [0.25, 0.3) is 0 Å². The summed E-state index contributed by atoms with van der Waals surface area (Å²) in [5.41, 5.74) is 1.14. The number of hydrogen-bond acceptors (Lipinski definition) is 3. The molecule has 1 N–H and O–H groups in total. The second kappa shape index (κ2) is 7.01. The summed E-state index contributed by atoms with van der Waals surface area (Å²) in [6.45, 7) is 2.90. The van der Waals surface area contributed by atoms with Gasteiger partial charge in [0.1, 0.15) is 6.04 Å². The van der Waals surface area contributed by atoms with E-state index in [4.69, 9.17) is 4.74 Å². The summed E-state index contributed by atoms with van der Waals surface area (Å²) in [5, 5.41) is 3.19. The Hall–Kier alpha value is -1.35. The van der Waals surface area contributed by atoms with E-state index in [9.17, 15) is 4.79 Å². The molecule has 88 valence electrons. The number of nitrogens with one attached hydrogen (secondary N) is 1. The van der Waals surface area contributed by atoms with E-state index in [0.29, 0.717) is 6.42 Å². The molecule has 0 spiro atoms. The first-order chi connectivity index (χ1) is 7.77. The molecular weight excluding hydrogens is 202 g/mol. The highest BCUT2D eigenvalue weighted by Gasteiger charge is 2.18. The highest BCUT2D eigenvalue weighted by atomic mass is 16.5. The van der Waals surface area contributed by atoms with Crippen molar-refractivity contribution < 1.29 is 9.53 Å². The molecular formula is C13H19NO2. The average Bonchev–Trinajstić information content (AvgIpc) is 2.34. The van der Waals surface area contributed by atoms with Crippen LogP contribution in [0.15, 0.2) is 30.3 Å². The van der Waals surface area contributed by atoms with E-state index in [0.717, 1.165) is 18.5 Å². The summed E-state index contributed by atoms with van der Waals surface area (Å²) in [5.74, 6) is -0.197. The first-order valence-electron chi connectivity index (χ1n) is 5.63. The van der Waals surface area contributed by atoms with Gasteiger partial charge in [0.05, 0.1) is 7.11 Å². The van der Waals surface area contributed by atoms with Gasteiger partial charge in [-0.2, -0.15) is 0 Å². The van der Waals surface area contributed by atoms with Gasteiger partial charge >= 0.3 is 5.97 Å². The fourth-order valence-corrected chi connectivity index (χ4v) is 1.55. The van der Waals surface area contributed by atoms with Gasteiger partial charge in [-0.3, -0.25) is 4.79 Å². The number of hydrogen-bond donors (Lipinski definition) is 1. The molecule has 0 amide bonds. The van der Waals surface area contributed by atoms with E-state index >= 15 is 0 Å². The second-order valence-electron chi connectivity index (χ2n) is 3.72. The van der Waals surface area contributed by atoms with Gasteiger partial charge in [-0.05, 0) is 24.9 Å². The van der Waals surface area contributed by atoms with Gasteiger partial charge in [-0.25, -0.2) is 0 Å². The van der Waals surface area contributed by atoms with Crippen molar-refractivity contribution in [3.05, 3.63) is 35.9 Å². The molecule has 0 bridgehead atoms. The van der Waals surface area contributed by atoms with Crippen LogP contribution in [0.3, 0.4) is 0 Å². The Labute approximate surface area is 96.8 Å². The highest BCUT2D eigenvalue weighted by molar-refractivity contribution is 5.76. The van der Waals surface area contributed by atoms with Crippen LogP contribution in [0.1, 0.15) is 18.9 Å². The maximum absolute atomic E-state index is 11.5. The first kappa shape index (κ1) is 12.7. The van der Waals surface area contributed by atoms with E-state index in [2.05, 4.69) is 12.2 Å². The first-order valence-corrected chi connectivity index (χ1v) is 5.63. The molecule has 1 atom stereocenters. The van der Waals surface area contributed by atoms with Crippen molar-refractivity contribution in [1.29, 1.82) is 0 Å². The molecule has 0 saturated heterocycles. The molecule has 1 rings (SSSR count). The van der Waals surface area contributed by atoms with E-state index in [1.165, 1.54) is 7.11 Å². The molecule has 0 aliphatic heterocycles. The minimum Gasteiger partial charge on any atom is -0.468 e. The fraction of sp³-hybridized carbons (Fsp3) is 0.462. The van der Waals surface area contributed by atoms with Crippen LogP contribution in [-0.2, 0) is 16.0 Å². The van der Waals surface area contributed by atoms with Crippen LogP contribution >= 0.6 is 0 Å². The van der Waals surface area contributed by atoms with Crippen molar-refractivity contribution in [3.63, 3.8) is 0 Å². The molecule has 3 nitrogen and oxygen atoms in total. The van der Waals surface area contributed by atoms with Gasteiger partial charge in [-0.1, -0.05) is 37.3 Å². The topological polar surface area (TPSA) is 38.3 Å². The Kier molecular flexibility index (Phi) is 5.57. The zero-order valence-corrected chi connectivity index (χ0v) is 9.90. The zero-order chi connectivity index (χ0) is 11.8. The van der Waals surface area contributed by atoms with Gasteiger partial charge in [0, 0.05) is 0 Å². The third-order valence-corrected chi connectivity index (χ3v) is 2.41. The zero-order valence-electron chi connectivity index (χ0n) is 9.90. The monoisotopic (exact) mass is 221 g/mol. The summed E-state index contributed by atoms with van der Waals surface area (Å²) >= 11 is 0. The minimum atomic E-state index is -0.243. The summed E-state index contributed by atoms with van der Waals surface area (Å²) in [7, 11) is 1.42. The van der Waals surface area contributed by atoms with Crippen molar-refractivity contribution in [3.8, 4) is 0 Å². The molecule has 0 aromatic heterocycles. The largest absolute Gasteiger partial charge is 0.468 e. The standard InChI is InChI=1S/C13H19NO2/c1-3-9-14-12(13(15)16-2)10-11-7-5-4-6-8-11/h4-8,12,14H,3,9-10H2,1-2H3/t12-/m0/s1. The molecule has 16 heavy (non-hydrogen) atoms. The van der Waals surface area contributed by atoms with Gasteiger partial charge in [0.2, 0.25) is 0 Å². The molecule has 0 radical (unpaired) electrons. The van der Waals surface area contributed by atoms with E-state index < -0.39 is 0 Å². The summed E-state index contributed by atoms with van der Waals surface area (Å²) in [6, 6.07) is 9.71. The maximum atomic E-state index is 11.5. The quantitative estimate of drug-likeness (QED) is 0.744. The van der Waals surface area contributed by atoms with Crippen LogP contribution in [0.25, 0.3) is 0 Å². The van der Waals surface area contributed by atoms with E-state index in [1.807, 2.05) is 30.3 Å². The molecule has 0 saturated carbocycles. The number of rotatable bonds is 6. The predicted molar refractivity (Wildman–Crippen MR) is 64.2 cm³/mol. The summed E-state index contributed by atoms with van der Waals surface area (Å²) in [4.78, 5) is 11.5. The smallest absolute Gasteiger partial charge is 0.323 e. The summed E-state index contributed by atoms with van der Waals surface area (Å²) < 4.78 is 4.78. The molecule has 0 aliphatic rings. The van der Waals surface area contributed by atoms with Crippen LogP contribution in [-0.4, -0.2) is 25.7 Å². The Bertz CT molecular complexity index is 311. The van der Waals surface area contributed by atoms with Crippen molar-refractivity contribution >= 4 is 5.97 Å². The fourth-order valence-electron chi connectivity index (χ4n) is 1.55. The van der Waals surface area contributed by atoms with Crippen LogP contribution in [0.2, 0.25) is 0 Å². The molecule has 1 aromatic carbocycles. The van der Waals surface area contributed by atoms with E-state index in [1.54, 1.807) is 0 Å². The van der Waals surface area contributed by atoms with E-state index in [-0.39, 0.29) is 12.0 Å². The van der Waals surface area contributed by atoms with Crippen LogP contribution < -0.4 is 5.32 Å². The Morgan fingerprint density at radius 2 is 2.06 bits per heavy atom. The SMILES string of the molecule is CCCN[C@@H](Cc1ccccc1)C(=O)OC. The van der Waals surface area contributed by atoms with Gasteiger partial charge in [-0.15, -0.1) is 0 Å². The number of carbonyl (C=O) groups excluding carboxylic acids is 1. The average molecular weight is 221 g/mol. The number of esters is 1. The lowest BCUT2D eigenvalue weighted by molar-refractivity contribution is -0.143. The predicted octanol–water partition coefficient (Wildman–Crippen LogP) is 1.77. The number of benzene rings is 1. The van der Waals surface area contributed by atoms with Crippen LogP contribution in [0.5, 0.6) is 0 Å². The second-order valence-corrected chi connectivity index (χ2v) is 3.72. The summed E-state index contributed by atoms with van der Waals surface area (Å²) in [6.07, 6.45) is 1.68. The van der Waals surface area contributed by atoms with Crippen molar-refractivity contribution in [1.82, 2.24) is 5.32 Å². The lowest BCUT2D eigenvalue weighted by Gasteiger charge is -2.15. The Morgan fingerprint density at radius 1 is 1.38 bits per heavy atom. The number of carbonyl (C=O) groups is 1. The number of ether oxygens (including phenoxy) is 1. The normalized spacial score (nSPS) is 12.1. The molecule has 3 heteroatoms. The Morgan fingerprint density at radius 3 is 2.62 bits per heavy atom. The van der Waals surface area contributed by atoms with Crippen molar-refractivity contribution in [2.45, 2.75) is 25.8 Å². The van der Waals surface area contributed by atoms with Crippen LogP contribution in [0.4, 0.5) is 0 Å². The Balaban J connectivity index is 2.59. The lowest BCUT2D eigenvalue weighted by atomic mass is 10.1. The van der Waals surface area contributed by atoms with Crippen molar-refractivity contribution in [2.75, 3.05) is 13.7 Å². The minimum absolute atomic E-state index is 0.197. The lowest BCUT2D eigenvalue weighted by Crippen LogP contribution is -2.39. The number of methoxy groups -OCH3 is 1. The third kappa shape index (κ3) is 4.03. The molecule has 0 unspecified atom stereocenters. The van der Waals surface area contributed by atoms with Crippen LogP contribution in [0, 0.1) is 0 Å². The molecule has 0 fully saturated rings. The maximum Gasteiger partial charge on any atom is 0.323 e. The third-order valence-electron chi connectivity index (χ3n) is 2.41. The molecule has 0 heterocycles. The van der Waals surface area contributed by atoms with Crippen molar-refractivity contribution in [2.24, 2.45) is 0 Å².